The number of nitrogens with zero attached hydrogens (tertiary/aromatic N) is 2. The number of carbonyl (C=O) groups excluding carboxylic acids is 1. The summed E-state index contributed by atoms with van der Waals surface area (Å²) in [6.07, 6.45) is 0. The van der Waals surface area contributed by atoms with Gasteiger partial charge in [-0.25, -0.2) is 4.79 Å². The van der Waals surface area contributed by atoms with Crippen LogP contribution in [0, 0.1) is 0 Å². The summed E-state index contributed by atoms with van der Waals surface area (Å²) in [5.41, 5.74) is 2.47. The van der Waals surface area contributed by atoms with Gasteiger partial charge >= 0.3 is 6.03 Å². The molecule has 0 bridgehead atoms. The molecular weight excluding hydrogens is 342 g/mol. The fourth-order valence-corrected chi connectivity index (χ4v) is 2.50. The zero-order valence-electron chi connectivity index (χ0n) is 15.7. The van der Waals surface area contributed by atoms with E-state index in [0.717, 1.165) is 11.3 Å². The molecule has 0 radical (unpaired) electrons. The minimum atomic E-state index is -0.144. The Hall–Kier alpha value is -3.28. The maximum Gasteiger partial charge on any atom is 0.321 e. The SMILES string of the molecule is CC(C)NC(=O)N(C)c1ccc(OCc2cc(-c3ccccc3)on2)cc1. The second-order valence-corrected chi connectivity index (χ2v) is 6.49. The monoisotopic (exact) mass is 365 g/mol. The Kier molecular flexibility index (Phi) is 5.76. The van der Waals surface area contributed by atoms with Gasteiger partial charge in [0.15, 0.2) is 5.76 Å². The number of carbonyl (C=O) groups is 1. The number of hydrogen-bond donors (Lipinski definition) is 1. The summed E-state index contributed by atoms with van der Waals surface area (Å²) >= 11 is 0. The van der Waals surface area contributed by atoms with Crippen LogP contribution < -0.4 is 15.0 Å². The van der Waals surface area contributed by atoms with Crippen LogP contribution in [-0.4, -0.2) is 24.3 Å². The second-order valence-electron chi connectivity index (χ2n) is 6.49. The van der Waals surface area contributed by atoms with Crippen LogP contribution >= 0.6 is 0 Å². The smallest absolute Gasteiger partial charge is 0.321 e. The molecule has 3 rings (SSSR count). The summed E-state index contributed by atoms with van der Waals surface area (Å²) in [4.78, 5) is 13.6. The number of aromatic nitrogens is 1. The highest BCUT2D eigenvalue weighted by Crippen LogP contribution is 2.22. The topological polar surface area (TPSA) is 67.6 Å². The number of benzene rings is 2. The first kappa shape index (κ1) is 18.5. The molecule has 0 aliphatic rings. The molecule has 2 aromatic carbocycles. The Morgan fingerprint density at radius 1 is 1.15 bits per heavy atom. The van der Waals surface area contributed by atoms with Crippen molar-refractivity contribution < 1.29 is 14.1 Å². The number of ether oxygens (including phenoxy) is 1. The van der Waals surface area contributed by atoms with E-state index < -0.39 is 0 Å². The van der Waals surface area contributed by atoms with E-state index in [2.05, 4.69) is 10.5 Å². The van der Waals surface area contributed by atoms with E-state index in [-0.39, 0.29) is 12.1 Å². The highest BCUT2D eigenvalue weighted by atomic mass is 16.5. The van der Waals surface area contributed by atoms with Gasteiger partial charge in [-0.3, -0.25) is 4.90 Å². The molecule has 1 heterocycles. The van der Waals surface area contributed by atoms with Crippen molar-refractivity contribution >= 4 is 11.7 Å². The van der Waals surface area contributed by atoms with E-state index in [9.17, 15) is 4.79 Å². The van der Waals surface area contributed by atoms with Crippen molar-refractivity contribution in [1.29, 1.82) is 0 Å². The van der Waals surface area contributed by atoms with Crippen molar-refractivity contribution in [2.45, 2.75) is 26.5 Å². The van der Waals surface area contributed by atoms with E-state index in [4.69, 9.17) is 9.26 Å². The first-order chi connectivity index (χ1) is 13.0. The van der Waals surface area contributed by atoms with Gasteiger partial charge in [0.2, 0.25) is 0 Å². The molecule has 0 atom stereocenters. The van der Waals surface area contributed by atoms with Crippen molar-refractivity contribution in [3.63, 3.8) is 0 Å². The minimum Gasteiger partial charge on any atom is -0.487 e. The van der Waals surface area contributed by atoms with Gasteiger partial charge in [-0.05, 0) is 38.1 Å². The van der Waals surface area contributed by atoms with Gasteiger partial charge in [0, 0.05) is 30.4 Å². The van der Waals surface area contributed by atoms with Gasteiger partial charge in [0.05, 0.1) is 0 Å². The molecule has 6 heteroatoms. The Bertz CT molecular complexity index is 873. The van der Waals surface area contributed by atoms with Crippen LogP contribution in [0.2, 0.25) is 0 Å². The third kappa shape index (κ3) is 4.88. The van der Waals surface area contributed by atoms with Crippen molar-refractivity contribution in [3.05, 3.63) is 66.4 Å². The molecule has 0 fully saturated rings. The zero-order chi connectivity index (χ0) is 19.2. The van der Waals surface area contributed by atoms with Crippen LogP contribution in [0.15, 0.2) is 65.2 Å². The Labute approximate surface area is 158 Å². The molecule has 0 saturated carbocycles. The number of nitrogens with one attached hydrogen (secondary N) is 1. The molecule has 3 aromatic rings. The maximum absolute atomic E-state index is 12.0. The fraction of sp³-hybridized carbons (Fsp3) is 0.238. The fourth-order valence-electron chi connectivity index (χ4n) is 2.50. The van der Waals surface area contributed by atoms with E-state index in [1.165, 1.54) is 0 Å². The normalized spacial score (nSPS) is 10.7. The predicted molar refractivity (Wildman–Crippen MR) is 105 cm³/mol. The lowest BCUT2D eigenvalue weighted by molar-refractivity contribution is 0.245. The molecule has 0 unspecified atom stereocenters. The van der Waals surface area contributed by atoms with Crippen LogP contribution in [0.5, 0.6) is 5.75 Å². The second kappa shape index (κ2) is 8.40. The van der Waals surface area contributed by atoms with Crippen molar-refractivity contribution in [2.24, 2.45) is 0 Å². The molecule has 6 nitrogen and oxygen atoms in total. The van der Waals surface area contributed by atoms with E-state index in [1.54, 1.807) is 11.9 Å². The largest absolute Gasteiger partial charge is 0.487 e. The standard InChI is InChI=1S/C21H23N3O3/c1-15(2)22-21(25)24(3)18-9-11-19(12-10-18)26-14-17-13-20(27-23-17)16-7-5-4-6-8-16/h4-13,15H,14H2,1-3H3,(H,22,25). The lowest BCUT2D eigenvalue weighted by Gasteiger charge is -2.20. The first-order valence-electron chi connectivity index (χ1n) is 8.81. The highest BCUT2D eigenvalue weighted by molar-refractivity contribution is 5.91. The maximum atomic E-state index is 12.0. The predicted octanol–water partition coefficient (Wildman–Crippen LogP) is 4.47. The molecule has 0 aliphatic carbocycles. The highest BCUT2D eigenvalue weighted by Gasteiger charge is 2.12. The Balaban J connectivity index is 1.58. The van der Waals surface area contributed by atoms with Crippen molar-refractivity contribution in [1.82, 2.24) is 10.5 Å². The molecule has 140 valence electrons. The average molecular weight is 365 g/mol. The van der Waals surface area contributed by atoms with Gasteiger partial charge in [-0.2, -0.15) is 0 Å². The van der Waals surface area contributed by atoms with E-state index in [0.29, 0.717) is 23.8 Å². The quantitative estimate of drug-likeness (QED) is 0.700. The minimum absolute atomic E-state index is 0.0887. The number of hydrogen-bond acceptors (Lipinski definition) is 4. The summed E-state index contributed by atoms with van der Waals surface area (Å²) in [5, 5.41) is 6.90. The molecule has 1 N–H and O–H groups in total. The van der Waals surface area contributed by atoms with Gasteiger partial charge < -0.3 is 14.6 Å². The van der Waals surface area contributed by atoms with Gasteiger partial charge in [-0.1, -0.05) is 35.5 Å². The first-order valence-corrected chi connectivity index (χ1v) is 8.81. The Morgan fingerprint density at radius 3 is 2.52 bits per heavy atom. The molecule has 0 saturated heterocycles. The van der Waals surface area contributed by atoms with Gasteiger partial charge in [-0.15, -0.1) is 0 Å². The van der Waals surface area contributed by atoms with Gasteiger partial charge in [0.25, 0.3) is 0 Å². The van der Waals surface area contributed by atoms with E-state index in [1.807, 2.05) is 74.5 Å². The van der Waals surface area contributed by atoms with Crippen LogP contribution in [0.4, 0.5) is 10.5 Å². The summed E-state index contributed by atoms with van der Waals surface area (Å²) in [7, 11) is 1.73. The van der Waals surface area contributed by atoms with E-state index >= 15 is 0 Å². The van der Waals surface area contributed by atoms with Crippen LogP contribution in [0.1, 0.15) is 19.5 Å². The lowest BCUT2D eigenvalue weighted by Crippen LogP contribution is -2.40. The molecule has 27 heavy (non-hydrogen) atoms. The molecule has 2 amide bonds. The number of anilines is 1. The molecule has 0 aliphatic heterocycles. The van der Waals surface area contributed by atoms with Crippen LogP contribution in [0.25, 0.3) is 11.3 Å². The number of urea groups is 1. The number of amides is 2. The van der Waals surface area contributed by atoms with Crippen molar-refractivity contribution in [3.8, 4) is 17.1 Å². The summed E-state index contributed by atoms with van der Waals surface area (Å²) in [6.45, 7) is 4.16. The van der Waals surface area contributed by atoms with Crippen LogP contribution in [-0.2, 0) is 6.61 Å². The summed E-state index contributed by atoms with van der Waals surface area (Å²) in [6, 6.07) is 18.9. The van der Waals surface area contributed by atoms with Crippen molar-refractivity contribution in [2.75, 3.05) is 11.9 Å². The average Bonchev–Trinajstić information content (AvgIpc) is 3.15. The number of rotatable bonds is 6. The molecule has 0 spiro atoms. The third-order valence-electron chi connectivity index (χ3n) is 3.94. The summed E-state index contributed by atoms with van der Waals surface area (Å²) < 4.78 is 11.1. The Morgan fingerprint density at radius 2 is 1.85 bits per heavy atom. The lowest BCUT2D eigenvalue weighted by atomic mass is 10.2. The zero-order valence-corrected chi connectivity index (χ0v) is 15.7. The van der Waals surface area contributed by atoms with Crippen LogP contribution in [0.3, 0.4) is 0 Å². The molecular formula is C21H23N3O3. The summed E-state index contributed by atoms with van der Waals surface area (Å²) in [5.74, 6) is 1.41. The molecule has 1 aromatic heterocycles. The third-order valence-corrected chi connectivity index (χ3v) is 3.94. The van der Waals surface area contributed by atoms with Gasteiger partial charge in [0.1, 0.15) is 18.1 Å².